The lowest BCUT2D eigenvalue weighted by Gasteiger charge is -2.09. The first-order valence-corrected chi connectivity index (χ1v) is 5.89. The molecule has 1 aromatic carbocycles. The fourth-order valence-electron chi connectivity index (χ4n) is 1.46. The third-order valence-electron chi connectivity index (χ3n) is 2.54. The Hall–Kier alpha value is -1.55. The molecule has 1 amide bonds. The van der Waals surface area contributed by atoms with Gasteiger partial charge in [0.05, 0.1) is 6.61 Å². The normalized spacial score (nSPS) is 12.1. The average molecular weight is 235 g/mol. The van der Waals surface area contributed by atoms with Crippen molar-refractivity contribution in [3.63, 3.8) is 0 Å². The lowest BCUT2D eigenvalue weighted by Crippen LogP contribution is -2.21. The van der Waals surface area contributed by atoms with Crippen LogP contribution in [0.2, 0.25) is 0 Å². The summed E-state index contributed by atoms with van der Waals surface area (Å²) in [5.41, 5.74) is 13.1. The molecule has 1 radical (unpaired) electrons. The van der Waals surface area contributed by atoms with Gasteiger partial charge in [-0.3, -0.25) is 10.5 Å². The minimum Gasteiger partial charge on any atom is -0.494 e. The van der Waals surface area contributed by atoms with Gasteiger partial charge >= 0.3 is 0 Å². The number of benzene rings is 1. The zero-order chi connectivity index (χ0) is 12.7. The highest BCUT2D eigenvalue weighted by Gasteiger charge is 2.12. The number of nitrogens with two attached hydrogens (primary N) is 1. The van der Waals surface area contributed by atoms with Gasteiger partial charge in [-0.25, -0.2) is 0 Å². The van der Waals surface area contributed by atoms with Crippen LogP contribution in [-0.2, 0) is 4.79 Å². The molecule has 0 saturated heterocycles. The molecule has 93 valence electrons. The molecule has 1 unspecified atom stereocenters. The van der Waals surface area contributed by atoms with Crippen LogP contribution in [0.15, 0.2) is 24.3 Å². The largest absolute Gasteiger partial charge is 0.494 e. The molecule has 1 atom stereocenters. The zero-order valence-electron chi connectivity index (χ0n) is 10.1. The molecule has 0 fully saturated rings. The molecule has 0 aliphatic rings. The van der Waals surface area contributed by atoms with E-state index in [1.54, 1.807) is 24.3 Å². The Balaban J connectivity index is 2.47. The van der Waals surface area contributed by atoms with E-state index in [4.69, 9.17) is 16.2 Å². The second-order valence-electron chi connectivity index (χ2n) is 3.97. The molecule has 4 heteroatoms. The monoisotopic (exact) mass is 235 g/mol. The van der Waals surface area contributed by atoms with Crippen LogP contribution in [0.1, 0.15) is 37.8 Å². The van der Waals surface area contributed by atoms with Gasteiger partial charge in [0.15, 0.2) is 0 Å². The summed E-state index contributed by atoms with van der Waals surface area (Å²) < 4.78 is 5.53. The third-order valence-corrected chi connectivity index (χ3v) is 2.54. The van der Waals surface area contributed by atoms with Crippen molar-refractivity contribution in [2.24, 2.45) is 5.73 Å². The molecular formula is C13H19N2O2. The van der Waals surface area contributed by atoms with Gasteiger partial charge in [0.2, 0.25) is 0 Å². The molecule has 0 bridgehead atoms. The van der Waals surface area contributed by atoms with Crippen molar-refractivity contribution in [3.8, 4) is 5.75 Å². The average Bonchev–Trinajstić information content (AvgIpc) is 2.34. The predicted octanol–water partition coefficient (Wildman–Crippen LogP) is 2.06. The van der Waals surface area contributed by atoms with Gasteiger partial charge in [-0.15, -0.1) is 0 Å². The van der Waals surface area contributed by atoms with Crippen LogP contribution in [0.4, 0.5) is 0 Å². The van der Waals surface area contributed by atoms with E-state index in [1.165, 1.54) is 6.42 Å². The molecular weight excluding hydrogens is 216 g/mol. The van der Waals surface area contributed by atoms with Gasteiger partial charge in [0.1, 0.15) is 11.8 Å². The van der Waals surface area contributed by atoms with Crippen molar-refractivity contribution < 1.29 is 9.53 Å². The standard InChI is InChI=1S/C13H19N2O2/c1-2-3-4-9-17-11-7-5-10(6-8-11)12(14)13(15)16/h5-8,12,15H,2-4,9,14H2,1H3. The molecule has 1 rings (SSSR count). The molecule has 0 aliphatic carbocycles. The van der Waals surface area contributed by atoms with E-state index in [0.717, 1.165) is 18.6 Å². The first-order valence-electron chi connectivity index (χ1n) is 5.89. The van der Waals surface area contributed by atoms with Crippen LogP contribution in [-0.4, -0.2) is 12.5 Å². The highest BCUT2D eigenvalue weighted by atomic mass is 16.5. The Morgan fingerprint density at radius 3 is 2.53 bits per heavy atom. The van der Waals surface area contributed by atoms with E-state index in [0.29, 0.717) is 12.2 Å². The molecule has 1 aromatic rings. The summed E-state index contributed by atoms with van der Waals surface area (Å²) >= 11 is 0. The summed E-state index contributed by atoms with van der Waals surface area (Å²) in [6, 6.07) is 6.16. The number of carbonyl (C=O) groups is 1. The van der Waals surface area contributed by atoms with E-state index < -0.39 is 11.9 Å². The Bertz CT molecular complexity index is 349. The van der Waals surface area contributed by atoms with E-state index in [1.807, 2.05) is 0 Å². The highest BCUT2D eigenvalue weighted by Crippen LogP contribution is 2.16. The SMILES string of the molecule is CCCCCOc1ccc(C(N)C([NH])=O)cc1. The molecule has 0 saturated carbocycles. The van der Waals surface area contributed by atoms with Crippen molar-refractivity contribution in [1.82, 2.24) is 5.73 Å². The fraction of sp³-hybridized carbons (Fsp3) is 0.462. The van der Waals surface area contributed by atoms with Gasteiger partial charge in [0, 0.05) is 0 Å². The second kappa shape index (κ2) is 6.91. The van der Waals surface area contributed by atoms with Gasteiger partial charge in [-0.1, -0.05) is 31.9 Å². The number of carbonyl (C=O) groups excluding carboxylic acids is 1. The number of amides is 1. The molecule has 0 spiro atoms. The molecule has 0 aliphatic heterocycles. The molecule has 17 heavy (non-hydrogen) atoms. The summed E-state index contributed by atoms with van der Waals surface area (Å²) in [4.78, 5) is 10.8. The molecule has 4 nitrogen and oxygen atoms in total. The number of rotatable bonds is 7. The Morgan fingerprint density at radius 1 is 1.35 bits per heavy atom. The summed E-state index contributed by atoms with van der Waals surface area (Å²) in [6.45, 7) is 2.85. The van der Waals surface area contributed by atoms with Crippen molar-refractivity contribution in [3.05, 3.63) is 29.8 Å². The third kappa shape index (κ3) is 4.44. The Labute approximate surface area is 102 Å². The zero-order valence-corrected chi connectivity index (χ0v) is 10.1. The van der Waals surface area contributed by atoms with E-state index >= 15 is 0 Å². The number of nitrogens with one attached hydrogen (secondary N) is 1. The summed E-state index contributed by atoms with van der Waals surface area (Å²) in [5.74, 6) is -0.00361. The van der Waals surface area contributed by atoms with E-state index in [2.05, 4.69) is 6.92 Å². The van der Waals surface area contributed by atoms with Crippen molar-refractivity contribution in [2.75, 3.05) is 6.61 Å². The number of hydrogen-bond donors (Lipinski definition) is 1. The van der Waals surface area contributed by atoms with E-state index in [-0.39, 0.29) is 0 Å². The topological polar surface area (TPSA) is 76.1 Å². The van der Waals surface area contributed by atoms with Crippen LogP contribution >= 0.6 is 0 Å². The maximum Gasteiger partial charge on any atom is 0.259 e. The van der Waals surface area contributed by atoms with Crippen molar-refractivity contribution in [1.29, 1.82) is 0 Å². The van der Waals surface area contributed by atoms with Crippen LogP contribution in [0.25, 0.3) is 0 Å². The Kier molecular flexibility index (Phi) is 5.49. The summed E-state index contributed by atoms with van der Waals surface area (Å²) in [6.07, 6.45) is 3.38. The van der Waals surface area contributed by atoms with Gasteiger partial charge in [0.25, 0.3) is 5.91 Å². The van der Waals surface area contributed by atoms with Gasteiger partial charge in [-0.2, -0.15) is 0 Å². The maximum atomic E-state index is 10.8. The van der Waals surface area contributed by atoms with Gasteiger partial charge in [-0.05, 0) is 24.1 Å². The Morgan fingerprint density at radius 2 is 2.00 bits per heavy atom. The summed E-state index contributed by atoms with van der Waals surface area (Å²) in [7, 11) is 0. The fourth-order valence-corrected chi connectivity index (χ4v) is 1.46. The van der Waals surface area contributed by atoms with Crippen molar-refractivity contribution >= 4 is 5.91 Å². The summed E-state index contributed by atoms with van der Waals surface area (Å²) in [5, 5.41) is 0. The van der Waals surface area contributed by atoms with Crippen molar-refractivity contribution in [2.45, 2.75) is 32.2 Å². The predicted molar refractivity (Wildman–Crippen MR) is 66.5 cm³/mol. The molecule has 3 N–H and O–H groups in total. The van der Waals surface area contributed by atoms with Crippen LogP contribution in [0.3, 0.4) is 0 Å². The van der Waals surface area contributed by atoms with Crippen LogP contribution in [0, 0.1) is 0 Å². The lowest BCUT2D eigenvalue weighted by atomic mass is 10.1. The van der Waals surface area contributed by atoms with Crippen LogP contribution < -0.4 is 16.2 Å². The highest BCUT2D eigenvalue weighted by molar-refractivity contribution is 5.80. The maximum absolute atomic E-state index is 10.8. The lowest BCUT2D eigenvalue weighted by molar-refractivity contribution is -0.120. The molecule has 0 aromatic heterocycles. The first kappa shape index (κ1) is 13.5. The smallest absolute Gasteiger partial charge is 0.259 e. The quantitative estimate of drug-likeness (QED) is 0.735. The number of unbranched alkanes of at least 4 members (excludes halogenated alkanes) is 2. The number of ether oxygens (including phenoxy) is 1. The first-order chi connectivity index (χ1) is 8.15. The van der Waals surface area contributed by atoms with Crippen LogP contribution in [0.5, 0.6) is 5.75 Å². The number of hydrogen-bond acceptors (Lipinski definition) is 3. The minimum atomic E-state index is -0.857. The van der Waals surface area contributed by atoms with Gasteiger partial charge < -0.3 is 10.5 Å². The van der Waals surface area contributed by atoms with E-state index in [9.17, 15) is 4.79 Å². The molecule has 0 heterocycles. The minimum absolute atomic E-state index is 0.644. The second-order valence-corrected chi connectivity index (χ2v) is 3.97.